The number of hydrogen-bond donors (Lipinski definition) is 1. The zero-order valence-corrected chi connectivity index (χ0v) is 20.1. The van der Waals surface area contributed by atoms with E-state index >= 15 is 0 Å². The highest BCUT2D eigenvalue weighted by Gasteiger charge is 2.39. The average molecular weight is 575 g/mol. The number of hydrogen-bond acceptors (Lipinski definition) is 6. The minimum atomic E-state index is -0.643. The summed E-state index contributed by atoms with van der Waals surface area (Å²) in [6.45, 7) is 0. The Morgan fingerprint density at radius 3 is 2.30 bits per heavy atom. The van der Waals surface area contributed by atoms with E-state index in [2.05, 4.69) is 27.9 Å². The third kappa shape index (κ3) is 4.86. The molecule has 0 radical (unpaired) electrons. The number of benzene rings is 3. The highest BCUT2D eigenvalue weighted by molar-refractivity contribution is 14.1. The van der Waals surface area contributed by atoms with Crippen LogP contribution in [-0.4, -0.2) is 24.9 Å². The van der Waals surface area contributed by atoms with Gasteiger partial charge in [-0.25, -0.2) is 9.69 Å². The quantitative estimate of drug-likeness (QED) is 0.194. The molecular weight excluding hydrogens is 559 g/mol. The Morgan fingerprint density at radius 2 is 1.64 bits per heavy atom. The fourth-order valence-corrected chi connectivity index (χ4v) is 3.67. The van der Waals surface area contributed by atoms with E-state index in [1.165, 1.54) is 7.11 Å². The smallest absolute Gasteiger partial charge is 0.343 e. The fraction of sp³-hybridized carbons (Fsp3) is 0.0417. The van der Waals surface area contributed by atoms with Gasteiger partial charge in [0, 0.05) is 15.3 Å². The lowest BCUT2D eigenvalue weighted by Crippen LogP contribution is -2.32. The van der Waals surface area contributed by atoms with E-state index < -0.39 is 17.8 Å². The molecule has 166 valence electrons. The van der Waals surface area contributed by atoms with Gasteiger partial charge in [-0.15, -0.1) is 0 Å². The molecule has 2 amide bonds. The molecule has 0 aromatic heterocycles. The van der Waals surface area contributed by atoms with Crippen molar-refractivity contribution in [2.24, 2.45) is 0 Å². The molecule has 3 aromatic carbocycles. The Labute approximate surface area is 208 Å². The number of nitrogens with zero attached hydrogens (tertiary/aromatic N) is 1. The molecule has 0 unspecified atom stereocenters. The van der Waals surface area contributed by atoms with Gasteiger partial charge in [-0.05, 0) is 83.3 Å². The predicted octanol–water partition coefficient (Wildman–Crippen LogP) is 4.95. The van der Waals surface area contributed by atoms with Crippen LogP contribution >= 0.6 is 34.2 Å². The third-order valence-corrected chi connectivity index (χ3v) is 5.82. The third-order valence-electron chi connectivity index (χ3n) is 4.75. The van der Waals surface area contributed by atoms with Crippen LogP contribution in [0.5, 0.6) is 11.5 Å². The largest absolute Gasteiger partial charge is 0.497 e. The molecule has 1 aliphatic heterocycles. The van der Waals surface area contributed by atoms with Gasteiger partial charge in [0.2, 0.25) is 0 Å². The summed E-state index contributed by atoms with van der Waals surface area (Å²) in [5, 5.41) is 2.64. The maximum Gasteiger partial charge on any atom is 0.343 e. The summed E-state index contributed by atoms with van der Waals surface area (Å²) in [5.41, 5.74) is 1.08. The van der Waals surface area contributed by atoms with Gasteiger partial charge in [0.1, 0.15) is 22.2 Å². The molecular formula is C24H16ClIN2O5. The molecule has 0 spiro atoms. The minimum Gasteiger partial charge on any atom is -0.497 e. The van der Waals surface area contributed by atoms with Crippen LogP contribution < -0.4 is 19.7 Å². The SMILES string of the molecule is COc1cccc(N2C(=O)C(Cl)=C(Nc3ccc(C(=O)Oc4ccc(I)cc4)cc3)C2=O)c1. The van der Waals surface area contributed by atoms with Crippen LogP contribution in [-0.2, 0) is 9.59 Å². The molecule has 0 atom stereocenters. The summed E-state index contributed by atoms with van der Waals surface area (Å²) in [4.78, 5) is 38.9. The van der Waals surface area contributed by atoms with E-state index in [0.29, 0.717) is 28.4 Å². The second kappa shape index (κ2) is 9.63. The zero-order valence-electron chi connectivity index (χ0n) is 17.2. The minimum absolute atomic E-state index is 0.0568. The monoisotopic (exact) mass is 574 g/mol. The molecule has 0 saturated carbocycles. The standard InChI is InChI=1S/C24H16ClIN2O5/c1-32-19-4-2-3-17(13-19)28-22(29)20(25)21(23(28)30)27-16-9-5-14(6-10-16)24(31)33-18-11-7-15(26)8-12-18/h2-13,27H,1H3. The van der Waals surface area contributed by atoms with E-state index in [4.69, 9.17) is 21.1 Å². The van der Waals surface area contributed by atoms with Crippen molar-refractivity contribution in [3.63, 3.8) is 0 Å². The summed E-state index contributed by atoms with van der Waals surface area (Å²) in [6, 6.07) is 19.9. The Kier molecular flexibility index (Phi) is 6.66. The zero-order chi connectivity index (χ0) is 23.5. The molecule has 1 aliphatic rings. The number of ether oxygens (including phenoxy) is 2. The van der Waals surface area contributed by atoms with E-state index in [0.717, 1.165) is 8.47 Å². The second-order valence-electron chi connectivity index (χ2n) is 6.88. The molecule has 33 heavy (non-hydrogen) atoms. The first-order chi connectivity index (χ1) is 15.9. The van der Waals surface area contributed by atoms with E-state index in [1.807, 2.05) is 12.1 Å². The summed E-state index contributed by atoms with van der Waals surface area (Å²) in [5.74, 6) is -0.822. The number of methoxy groups -OCH3 is 1. The van der Waals surface area contributed by atoms with Crippen LogP contribution in [0.1, 0.15) is 10.4 Å². The van der Waals surface area contributed by atoms with Crippen LogP contribution in [0.3, 0.4) is 0 Å². The van der Waals surface area contributed by atoms with Crippen molar-refractivity contribution in [3.05, 3.63) is 92.7 Å². The number of carbonyl (C=O) groups excluding carboxylic acids is 3. The maximum absolute atomic E-state index is 12.9. The van der Waals surface area contributed by atoms with Gasteiger partial charge in [0.05, 0.1) is 18.4 Å². The van der Waals surface area contributed by atoms with Gasteiger partial charge in [-0.2, -0.15) is 0 Å². The molecule has 1 heterocycles. The normalized spacial score (nSPS) is 13.4. The van der Waals surface area contributed by atoms with Crippen molar-refractivity contribution in [2.75, 3.05) is 17.3 Å². The Hall–Kier alpha value is -3.37. The number of rotatable bonds is 6. The Balaban J connectivity index is 1.48. The number of nitrogens with one attached hydrogen (secondary N) is 1. The highest BCUT2D eigenvalue weighted by atomic mass is 127. The summed E-state index contributed by atoms with van der Waals surface area (Å²) < 4.78 is 11.5. The van der Waals surface area contributed by atoms with Crippen molar-refractivity contribution < 1.29 is 23.9 Å². The summed E-state index contributed by atoms with van der Waals surface area (Å²) in [7, 11) is 1.49. The lowest BCUT2D eigenvalue weighted by molar-refractivity contribution is -0.120. The van der Waals surface area contributed by atoms with Crippen molar-refractivity contribution in [1.82, 2.24) is 0 Å². The van der Waals surface area contributed by atoms with Gasteiger partial charge >= 0.3 is 5.97 Å². The van der Waals surface area contributed by atoms with Gasteiger partial charge in [-0.1, -0.05) is 17.7 Å². The maximum atomic E-state index is 12.9. The number of esters is 1. The molecule has 0 bridgehead atoms. The van der Waals surface area contributed by atoms with E-state index in [1.54, 1.807) is 60.7 Å². The van der Waals surface area contributed by atoms with Crippen molar-refractivity contribution in [1.29, 1.82) is 0 Å². The fourth-order valence-electron chi connectivity index (χ4n) is 3.10. The summed E-state index contributed by atoms with van der Waals surface area (Å²) in [6.07, 6.45) is 0. The predicted molar refractivity (Wildman–Crippen MR) is 133 cm³/mol. The van der Waals surface area contributed by atoms with E-state index in [-0.39, 0.29) is 10.7 Å². The summed E-state index contributed by atoms with van der Waals surface area (Å²) >= 11 is 8.34. The van der Waals surface area contributed by atoms with Crippen molar-refractivity contribution in [3.8, 4) is 11.5 Å². The number of amides is 2. The number of carbonyl (C=O) groups is 3. The average Bonchev–Trinajstić information content (AvgIpc) is 3.04. The Bertz CT molecular complexity index is 1270. The lowest BCUT2D eigenvalue weighted by atomic mass is 10.2. The molecule has 7 nitrogen and oxygen atoms in total. The first-order valence-corrected chi connectivity index (χ1v) is 11.1. The van der Waals surface area contributed by atoms with Crippen molar-refractivity contribution in [2.45, 2.75) is 0 Å². The molecule has 9 heteroatoms. The van der Waals surface area contributed by atoms with Crippen LogP contribution in [0, 0.1) is 3.57 Å². The first-order valence-electron chi connectivity index (χ1n) is 9.65. The molecule has 3 aromatic rings. The van der Waals surface area contributed by atoms with Gasteiger partial charge in [0.15, 0.2) is 0 Å². The first kappa shape index (κ1) is 22.8. The number of halogens is 2. The molecule has 0 fully saturated rings. The lowest BCUT2D eigenvalue weighted by Gasteiger charge is -2.16. The Morgan fingerprint density at radius 1 is 0.939 bits per heavy atom. The second-order valence-corrected chi connectivity index (χ2v) is 8.51. The highest BCUT2D eigenvalue weighted by Crippen LogP contribution is 2.31. The van der Waals surface area contributed by atoms with Gasteiger partial charge in [0.25, 0.3) is 11.8 Å². The molecule has 0 saturated heterocycles. The van der Waals surface area contributed by atoms with Crippen LogP contribution in [0.2, 0.25) is 0 Å². The molecule has 4 rings (SSSR count). The molecule has 1 N–H and O–H groups in total. The van der Waals surface area contributed by atoms with Crippen LogP contribution in [0.15, 0.2) is 83.5 Å². The van der Waals surface area contributed by atoms with Gasteiger partial charge in [-0.3, -0.25) is 9.59 Å². The number of imide groups is 1. The van der Waals surface area contributed by atoms with E-state index in [9.17, 15) is 14.4 Å². The molecule has 0 aliphatic carbocycles. The topological polar surface area (TPSA) is 84.9 Å². The number of anilines is 2. The van der Waals surface area contributed by atoms with Crippen LogP contribution in [0.4, 0.5) is 11.4 Å². The van der Waals surface area contributed by atoms with Crippen molar-refractivity contribution >= 4 is 63.4 Å². The van der Waals surface area contributed by atoms with Crippen LogP contribution in [0.25, 0.3) is 0 Å². The van der Waals surface area contributed by atoms with Gasteiger partial charge < -0.3 is 14.8 Å².